The molecule has 0 bridgehead atoms. The van der Waals surface area contributed by atoms with Gasteiger partial charge in [0.15, 0.2) is 5.82 Å². The Bertz CT molecular complexity index is 1750. The van der Waals surface area contributed by atoms with Gasteiger partial charge in [0.05, 0.1) is 41.3 Å². The number of hydrogen-bond donors (Lipinski definition) is 4. The minimum Gasteiger partial charge on any atom is -0.465 e. The number of carbonyl (C=O) groups excluding carboxylic acids is 2. The number of likely N-dealkylation sites (tertiary alicyclic amines) is 1. The Morgan fingerprint density at radius 1 is 1.13 bits per heavy atom. The molecule has 3 amide bonds. The number of nitrogens with one attached hydrogen (secondary N) is 2. The Hall–Kier alpha value is -4.20. The summed E-state index contributed by atoms with van der Waals surface area (Å²) in [6.07, 6.45) is -5.02. The van der Waals surface area contributed by atoms with Crippen LogP contribution in [0.5, 0.6) is 0 Å². The molecule has 0 aliphatic carbocycles. The Morgan fingerprint density at radius 2 is 1.82 bits per heavy atom. The van der Waals surface area contributed by atoms with E-state index < -0.39 is 51.9 Å². The first-order valence-corrected chi connectivity index (χ1v) is 15.1. The lowest BCUT2D eigenvalue weighted by molar-refractivity contribution is -0.140. The van der Waals surface area contributed by atoms with Crippen molar-refractivity contribution in [1.29, 1.82) is 0 Å². The second-order valence-corrected chi connectivity index (χ2v) is 12.7. The molecule has 15 nitrogen and oxygen atoms in total. The average molecular weight is 675 g/mol. The average Bonchev–Trinajstić information content (AvgIpc) is 3.70. The van der Waals surface area contributed by atoms with E-state index >= 15 is 0 Å². The third-order valence-electron chi connectivity index (χ3n) is 7.56. The van der Waals surface area contributed by atoms with Crippen LogP contribution in [0.25, 0.3) is 11.3 Å². The van der Waals surface area contributed by atoms with Crippen molar-refractivity contribution in [3.8, 4) is 11.3 Å². The van der Waals surface area contributed by atoms with Crippen molar-refractivity contribution >= 4 is 45.2 Å². The maximum absolute atomic E-state index is 13.4. The Labute approximate surface area is 258 Å². The summed E-state index contributed by atoms with van der Waals surface area (Å²) in [4.78, 5) is 43.2. The monoisotopic (exact) mass is 674 g/mol. The summed E-state index contributed by atoms with van der Waals surface area (Å²) in [7, 11) is -2.80. The predicted molar refractivity (Wildman–Crippen MR) is 150 cm³/mol. The number of halogens is 4. The molecule has 5 rings (SSSR count). The van der Waals surface area contributed by atoms with Crippen LogP contribution >= 0.6 is 11.6 Å². The van der Waals surface area contributed by atoms with E-state index in [0.29, 0.717) is 0 Å². The number of alkyl halides is 3. The van der Waals surface area contributed by atoms with Gasteiger partial charge in [-0.3, -0.25) is 19.6 Å². The highest BCUT2D eigenvalue weighted by molar-refractivity contribution is 7.89. The van der Waals surface area contributed by atoms with Crippen LogP contribution in [-0.4, -0.2) is 115 Å². The number of aromatic nitrogens is 4. The molecule has 2 atom stereocenters. The third kappa shape index (κ3) is 6.20. The first-order valence-electron chi connectivity index (χ1n) is 13.3. The summed E-state index contributed by atoms with van der Waals surface area (Å²) < 4.78 is 68.9. The van der Waals surface area contributed by atoms with Gasteiger partial charge in [-0.05, 0) is 18.2 Å². The van der Waals surface area contributed by atoms with Gasteiger partial charge in [-0.2, -0.15) is 22.6 Å². The van der Waals surface area contributed by atoms with Crippen molar-refractivity contribution in [3.05, 3.63) is 47.1 Å². The summed E-state index contributed by atoms with van der Waals surface area (Å²) in [5.41, 5.74) is -1.35. The summed E-state index contributed by atoms with van der Waals surface area (Å²) in [5, 5.41) is 26.8. The lowest BCUT2D eigenvalue weighted by atomic mass is 10.1. The Balaban J connectivity index is 1.25. The first-order chi connectivity index (χ1) is 21.1. The fourth-order valence-electron chi connectivity index (χ4n) is 5.30. The number of benzene rings is 1. The van der Waals surface area contributed by atoms with Crippen molar-refractivity contribution in [3.63, 3.8) is 0 Å². The van der Waals surface area contributed by atoms with Crippen LogP contribution in [-0.2, 0) is 28.0 Å². The quantitative estimate of drug-likeness (QED) is 0.301. The molecule has 4 heterocycles. The van der Waals surface area contributed by atoms with E-state index in [-0.39, 0.29) is 71.8 Å². The minimum absolute atomic E-state index is 0.0151. The smallest absolute Gasteiger partial charge is 0.433 e. The van der Waals surface area contributed by atoms with E-state index in [1.165, 1.54) is 30.1 Å². The number of anilines is 1. The molecule has 45 heavy (non-hydrogen) atoms. The van der Waals surface area contributed by atoms with Gasteiger partial charge in [0.2, 0.25) is 15.9 Å². The fourth-order valence-corrected chi connectivity index (χ4v) is 7.24. The largest absolute Gasteiger partial charge is 0.465 e. The van der Waals surface area contributed by atoms with Crippen molar-refractivity contribution in [2.75, 3.05) is 38.0 Å². The molecule has 0 radical (unpaired) electrons. The van der Waals surface area contributed by atoms with E-state index in [1.54, 1.807) is 0 Å². The minimum atomic E-state index is -4.72. The van der Waals surface area contributed by atoms with Crippen LogP contribution in [0.1, 0.15) is 22.7 Å². The van der Waals surface area contributed by atoms with Gasteiger partial charge in [0.25, 0.3) is 5.91 Å². The zero-order valence-electron chi connectivity index (χ0n) is 23.3. The maximum Gasteiger partial charge on any atom is 0.433 e. The molecule has 20 heteroatoms. The number of β-amino-alcohol motifs (C(OH)–C–C–N with tert-alkyl or cyclic N) is 1. The standard InChI is InChI=1S/C25H26ClF3N8O7S/c1-34-18(15-10-31-33-20(15)25(27,28)29)11-30-21(34)22(39)32-13-2-3-19(16(26)8-13)45(43,44)36-6-4-35(5-7-36)23(40)17-9-14(38)12-37(17)24(41)42/h2-3,8,10-11,14,17,38H,4-7,9,12H2,1H3,(H,31,33)(H,32,39)(H,41,42)/t14-,17+/m1/s1. The Kier molecular flexibility index (Phi) is 8.55. The van der Waals surface area contributed by atoms with Crippen LogP contribution in [0.15, 0.2) is 35.5 Å². The van der Waals surface area contributed by atoms with Gasteiger partial charge < -0.3 is 25.0 Å². The number of amides is 3. The van der Waals surface area contributed by atoms with E-state index in [2.05, 4.69) is 15.4 Å². The van der Waals surface area contributed by atoms with Crippen LogP contribution in [0, 0.1) is 0 Å². The van der Waals surface area contributed by atoms with Gasteiger partial charge >= 0.3 is 12.3 Å². The number of imidazole rings is 1. The van der Waals surface area contributed by atoms with Gasteiger partial charge in [0.1, 0.15) is 16.6 Å². The second kappa shape index (κ2) is 12.0. The number of aromatic amines is 1. The highest BCUT2D eigenvalue weighted by Crippen LogP contribution is 2.35. The van der Waals surface area contributed by atoms with Gasteiger partial charge in [0, 0.05) is 45.3 Å². The molecule has 2 aliphatic rings. The lowest BCUT2D eigenvalue weighted by Crippen LogP contribution is -2.55. The van der Waals surface area contributed by atoms with Crippen molar-refractivity contribution in [2.45, 2.75) is 29.6 Å². The van der Waals surface area contributed by atoms with Gasteiger partial charge in [-0.1, -0.05) is 11.6 Å². The number of H-pyrrole nitrogens is 1. The molecule has 2 saturated heterocycles. The van der Waals surface area contributed by atoms with E-state index in [4.69, 9.17) is 11.6 Å². The number of carbonyl (C=O) groups is 3. The van der Waals surface area contributed by atoms with Crippen LogP contribution in [0.4, 0.5) is 23.7 Å². The highest BCUT2D eigenvalue weighted by atomic mass is 35.5. The molecule has 1 aromatic carbocycles. The summed E-state index contributed by atoms with van der Waals surface area (Å²) in [5.74, 6) is -1.56. The molecule has 242 valence electrons. The number of piperazine rings is 1. The van der Waals surface area contributed by atoms with Crippen molar-refractivity contribution in [1.82, 2.24) is 33.9 Å². The normalized spacial score (nSPS) is 19.6. The second-order valence-electron chi connectivity index (χ2n) is 10.4. The van der Waals surface area contributed by atoms with Crippen LogP contribution in [0.3, 0.4) is 0 Å². The fraction of sp³-hybridized carbons (Fsp3) is 0.400. The van der Waals surface area contributed by atoms with Gasteiger partial charge in [-0.15, -0.1) is 0 Å². The molecular formula is C25H26ClF3N8O7S. The SMILES string of the molecule is Cn1c(-c2cn[nH]c2C(F)(F)F)cnc1C(=O)Nc1ccc(S(=O)(=O)N2CCN(C(=O)[C@@H]3C[C@@H](O)CN3C(=O)O)CC2)c(Cl)c1. The zero-order valence-corrected chi connectivity index (χ0v) is 24.9. The van der Waals surface area contributed by atoms with E-state index in [0.717, 1.165) is 26.2 Å². The molecule has 0 unspecified atom stereocenters. The maximum atomic E-state index is 13.4. The number of rotatable bonds is 6. The molecule has 0 saturated carbocycles. The van der Waals surface area contributed by atoms with Crippen molar-refractivity contribution < 1.29 is 46.2 Å². The highest BCUT2D eigenvalue weighted by Gasteiger charge is 2.42. The topological polar surface area (TPSA) is 194 Å². The predicted octanol–water partition coefficient (Wildman–Crippen LogP) is 1.68. The van der Waals surface area contributed by atoms with E-state index in [9.17, 15) is 46.2 Å². The summed E-state index contributed by atoms with van der Waals surface area (Å²) in [6.45, 7) is -0.414. The van der Waals surface area contributed by atoms with Crippen LogP contribution in [0.2, 0.25) is 5.02 Å². The third-order valence-corrected chi connectivity index (χ3v) is 9.94. The molecule has 2 fully saturated rings. The number of carboxylic acid groups (broad SMARTS) is 1. The number of hydrogen-bond acceptors (Lipinski definition) is 8. The lowest BCUT2D eigenvalue weighted by Gasteiger charge is -2.36. The molecule has 0 spiro atoms. The number of aliphatic hydroxyl groups is 1. The molecule has 2 aromatic heterocycles. The van der Waals surface area contributed by atoms with Crippen LogP contribution < -0.4 is 5.32 Å². The summed E-state index contributed by atoms with van der Waals surface area (Å²) in [6, 6.07) is 2.60. The number of aliphatic hydroxyl groups excluding tert-OH is 1. The molecule has 3 aromatic rings. The number of sulfonamides is 1. The summed E-state index contributed by atoms with van der Waals surface area (Å²) >= 11 is 6.31. The molecule has 4 N–H and O–H groups in total. The zero-order chi connectivity index (χ0) is 32.8. The molecular weight excluding hydrogens is 649 g/mol. The van der Waals surface area contributed by atoms with Gasteiger partial charge in [-0.25, -0.2) is 18.2 Å². The van der Waals surface area contributed by atoms with Crippen molar-refractivity contribution in [2.24, 2.45) is 7.05 Å². The Morgan fingerprint density at radius 3 is 2.44 bits per heavy atom. The first kappa shape index (κ1) is 32.2. The number of nitrogens with zero attached hydrogens (tertiary/aromatic N) is 6. The van der Waals surface area contributed by atoms with E-state index in [1.807, 2.05) is 5.10 Å². The molecule has 2 aliphatic heterocycles.